The van der Waals surface area contributed by atoms with E-state index in [-0.39, 0.29) is 24.1 Å². The third-order valence-electron chi connectivity index (χ3n) is 4.47. The van der Waals surface area contributed by atoms with E-state index in [9.17, 15) is 9.59 Å². The van der Waals surface area contributed by atoms with E-state index < -0.39 is 0 Å². The van der Waals surface area contributed by atoms with Gasteiger partial charge in [-0.2, -0.15) is 0 Å². The average Bonchev–Trinajstić information content (AvgIpc) is 2.52. The van der Waals surface area contributed by atoms with Crippen molar-refractivity contribution in [3.8, 4) is 0 Å². The van der Waals surface area contributed by atoms with Crippen LogP contribution in [0.4, 0.5) is 0 Å². The molecule has 0 N–H and O–H groups in total. The Morgan fingerprint density at radius 3 is 1.60 bits per heavy atom. The Bertz CT molecular complexity index is 341. The third kappa shape index (κ3) is 17.6. The molecule has 0 aliphatic rings. The standard InChI is InChI=1S/C21H40O4/c1-5-6-16-21(25-20(4)23)17-14-12-10-8-7-9-11-13-15-18(2)24-19(3)22/h18,21H,5-17H2,1-4H3/t18-,21-/m0/s1. The van der Waals surface area contributed by atoms with Crippen molar-refractivity contribution >= 4 is 11.9 Å². The lowest BCUT2D eigenvalue weighted by molar-refractivity contribution is -0.147. The summed E-state index contributed by atoms with van der Waals surface area (Å²) in [7, 11) is 0. The van der Waals surface area contributed by atoms with Crippen molar-refractivity contribution in [1.29, 1.82) is 0 Å². The zero-order valence-corrected chi connectivity index (χ0v) is 17.0. The van der Waals surface area contributed by atoms with Crippen LogP contribution in [-0.4, -0.2) is 24.1 Å². The van der Waals surface area contributed by atoms with Gasteiger partial charge in [-0.15, -0.1) is 0 Å². The Morgan fingerprint density at radius 2 is 1.12 bits per heavy atom. The average molecular weight is 357 g/mol. The first-order valence-electron chi connectivity index (χ1n) is 10.3. The second kappa shape index (κ2) is 16.4. The molecule has 0 heterocycles. The summed E-state index contributed by atoms with van der Waals surface area (Å²) in [5.41, 5.74) is 0. The molecule has 0 rings (SSSR count). The van der Waals surface area contributed by atoms with E-state index in [1.807, 2.05) is 6.92 Å². The fraction of sp³-hybridized carbons (Fsp3) is 0.905. The molecule has 0 amide bonds. The minimum absolute atomic E-state index is 0.0513. The Kier molecular flexibility index (Phi) is 15.7. The highest BCUT2D eigenvalue weighted by atomic mass is 16.5. The minimum atomic E-state index is -0.182. The van der Waals surface area contributed by atoms with Gasteiger partial charge in [0.25, 0.3) is 0 Å². The summed E-state index contributed by atoms with van der Waals surface area (Å²) < 4.78 is 10.5. The summed E-state index contributed by atoms with van der Waals surface area (Å²) in [6, 6.07) is 0. The van der Waals surface area contributed by atoms with Crippen molar-refractivity contribution in [2.75, 3.05) is 0 Å². The Hall–Kier alpha value is -1.06. The second-order valence-corrected chi connectivity index (χ2v) is 7.20. The molecule has 0 radical (unpaired) electrons. The summed E-state index contributed by atoms with van der Waals surface area (Å²) in [6.07, 6.45) is 15.3. The molecule has 0 fully saturated rings. The van der Waals surface area contributed by atoms with Crippen molar-refractivity contribution in [1.82, 2.24) is 0 Å². The van der Waals surface area contributed by atoms with Gasteiger partial charge in [0.1, 0.15) is 6.10 Å². The molecular weight excluding hydrogens is 316 g/mol. The highest BCUT2D eigenvalue weighted by Gasteiger charge is 2.11. The zero-order chi connectivity index (χ0) is 18.9. The smallest absolute Gasteiger partial charge is 0.302 e. The first kappa shape index (κ1) is 23.9. The molecule has 0 spiro atoms. The number of carbonyl (C=O) groups excluding carboxylic acids is 2. The van der Waals surface area contributed by atoms with E-state index in [1.54, 1.807) is 0 Å². The summed E-state index contributed by atoms with van der Waals surface area (Å²) in [6.45, 7) is 7.10. The minimum Gasteiger partial charge on any atom is -0.463 e. The molecule has 0 saturated heterocycles. The van der Waals surface area contributed by atoms with Crippen molar-refractivity contribution in [3.63, 3.8) is 0 Å². The lowest BCUT2D eigenvalue weighted by Crippen LogP contribution is -2.16. The SMILES string of the molecule is CCCC[C@@H](CCCCCCCCCC[C@H](C)OC(C)=O)OC(C)=O. The van der Waals surface area contributed by atoms with E-state index in [2.05, 4.69) is 6.92 Å². The number of hydrogen-bond acceptors (Lipinski definition) is 4. The van der Waals surface area contributed by atoms with Gasteiger partial charge in [-0.25, -0.2) is 0 Å². The van der Waals surface area contributed by atoms with Crippen LogP contribution in [0.25, 0.3) is 0 Å². The van der Waals surface area contributed by atoms with Crippen LogP contribution in [0.5, 0.6) is 0 Å². The normalized spacial score (nSPS) is 13.3. The first-order chi connectivity index (χ1) is 12.0. The number of unbranched alkanes of at least 4 members (excludes halogenated alkanes) is 8. The van der Waals surface area contributed by atoms with E-state index in [0.717, 1.165) is 44.9 Å². The molecule has 0 aliphatic carbocycles. The summed E-state index contributed by atoms with van der Waals surface area (Å²) >= 11 is 0. The van der Waals surface area contributed by atoms with Gasteiger partial charge < -0.3 is 9.47 Å². The second-order valence-electron chi connectivity index (χ2n) is 7.20. The van der Waals surface area contributed by atoms with Crippen molar-refractivity contribution in [3.05, 3.63) is 0 Å². The summed E-state index contributed by atoms with van der Waals surface area (Å²) in [5, 5.41) is 0. The van der Waals surface area contributed by atoms with Gasteiger partial charge in [0.2, 0.25) is 0 Å². The number of hydrogen-bond donors (Lipinski definition) is 0. The van der Waals surface area contributed by atoms with Gasteiger partial charge in [0.05, 0.1) is 6.10 Å². The molecule has 148 valence electrons. The van der Waals surface area contributed by atoms with Crippen LogP contribution in [0.1, 0.15) is 111 Å². The molecule has 0 unspecified atom stereocenters. The number of rotatable bonds is 16. The van der Waals surface area contributed by atoms with Gasteiger partial charge in [-0.3, -0.25) is 9.59 Å². The molecule has 4 nitrogen and oxygen atoms in total. The van der Waals surface area contributed by atoms with Crippen LogP contribution in [-0.2, 0) is 19.1 Å². The van der Waals surface area contributed by atoms with Crippen LogP contribution >= 0.6 is 0 Å². The molecule has 0 bridgehead atoms. The van der Waals surface area contributed by atoms with E-state index >= 15 is 0 Å². The molecule has 0 saturated carbocycles. The summed E-state index contributed by atoms with van der Waals surface area (Å²) in [5.74, 6) is -0.331. The first-order valence-corrected chi connectivity index (χ1v) is 10.3. The Balaban J connectivity index is 3.47. The van der Waals surface area contributed by atoms with Crippen molar-refractivity contribution < 1.29 is 19.1 Å². The summed E-state index contributed by atoms with van der Waals surface area (Å²) in [4.78, 5) is 21.9. The molecule has 2 atom stereocenters. The van der Waals surface area contributed by atoms with Crippen LogP contribution in [0, 0.1) is 0 Å². The van der Waals surface area contributed by atoms with Crippen LogP contribution in [0.15, 0.2) is 0 Å². The molecular formula is C21H40O4. The number of carbonyl (C=O) groups is 2. The van der Waals surface area contributed by atoms with E-state index in [0.29, 0.717) is 0 Å². The van der Waals surface area contributed by atoms with Crippen LogP contribution < -0.4 is 0 Å². The maximum absolute atomic E-state index is 11.1. The van der Waals surface area contributed by atoms with Gasteiger partial charge in [0, 0.05) is 13.8 Å². The quantitative estimate of drug-likeness (QED) is 0.253. The highest BCUT2D eigenvalue weighted by Crippen LogP contribution is 2.16. The molecule has 4 heteroatoms. The Morgan fingerprint density at radius 1 is 0.680 bits per heavy atom. The molecule has 0 aromatic carbocycles. The highest BCUT2D eigenvalue weighted by molar-refractivity contribution is 5.66. The van der Waals surface area contributed by atoms with Gasteiger partial charge in [0.15, 0.2) is 0 Å². The lowest BCUT2D eigenvalue weighted by atomic mass is 10.0. The fourth-order valence-electron chi connectivity index (χ4n) is 3.14. The van der Waals surface area contributed by atoms with Gasteiger partial charge in [-0.1, -0.05) is 58.3 Å². The van der Waals surface area contributed by atoms with Gasteiger partial charge >= 0.3 is 11.9 Å². The third-order valence-corrected chi connectivity index (χ3v) is 4.47. The largest absolute Gasteiger partial charge is 0.463 e. The van der Waals surface area contributed by atoms with Gasteiger partial charge in [-0.05, 0) is 39.0 Å². The fourth-order valence-corrected chi connectivity index (χ4v) is 3.14. The zero-order valence-electron chi connectivity index (χ0n) is 17.0. The van der Waals surface area contributed by atoms with E-state index in [1.165, 1.54) is 52.4 Å². The van der Waals surface area contributed by atoms with Crippen LogP contribution in [0.2, 0.25) is 0 Å². The lowest BCUT2D eigenvalue weighted by Gasteiger charge is -2.16. The predicted octanol–water partition coefficient (Wildman–Crippen LogP) is 5.96. The van der Waals surface area contributed by atoms with Crippen LogP contribution in [0.3, 0.4) is 0 Å². The maximum Gasteiger partial charge on any atom is 0.302 e. The molecule has 0 aliphatic heterocycles. The van der Waals surface area contributed by atoms with Crippen molar-refractivity contribution in [2.24, 2.45) is 0 Å². The Labute approximate surface area is 155 Å². The molecule has 25 heavy (non-hydrogen) atoms. The molecule has 0 aromatic heterocycles. The predicted molar refractivity (Wildman–Crippen MR) is 102 cm³/mol. The number of ether oxygens (including phenoxy) is 2. The number of esters is 2. The monoisotopic (exact) mass is 356 g/mol. The molecule has 0 aromatic rings. The topological polar surface area (TPSA) is 52.6 Å². The van der Waals surface area contributed by atoms with Crippen molar-refractivity contribution in [2.45, 2.75) is 123 Å². The van der Waals surface area contributed by atoms with E-state index in [4.69, 9.17) is 9.47 Å². The maximum atomic E-state index is 11.1.